The summed E-state index contributed by atoms with van der Waals surface area (Å²) in [5, 5.41) is 105. The highest BCUT2D eigenvalue weighted by atomic mass is 33.1. The van der Waals surface area contributed by atoms with Crippen molar-refractivity contribution >= 4 is 61.1 Å². The van der Waals surface area contributed by atoms with E-state index < -0.39 is 121 Å². The number of aliphatic carboxylic acids is 1. The van der Waals surface area contributed by atoms with Gasteiger partial charge in [0.1, 0.15) is 67.1 Å². The van der Waals surface area contributed by atoms with Crippen LogP contribution in [-0.4, -0.2) is 188 Å². The van der Waals surface area contributed by atoms with Crippen molar-refractivity contribution in [1.29, 1.82) is 0 Å². The highest BCUT2D eigenvalue weighted by Gasteiger charge is 2.53. The Hall–Kier alpha value is -2.48. The molecule has 0 aliphatic carbocycles. The van der Waals surface area contributed by atoms with Crippen molar-refractivity contribution in [2.75, 3.05) is 36.1 Å². The van der Waals surface area contributed by atoms with Crippen LogP contribution < -0.4 is 21.1 Å². The van der Waals surface area contributed by atoms with E-state index in [1.54, 1.807) is 24.3 Å². The maximum absolute atomic E-state index is 12.5. The second-order valence-corrected chi connectivity index (χ2v) is 18.1. The number of carbonyl (C=O) groups excluding carboxylic acids is 3. The van der Waals surface area contributed by atoms with Crippen molar-refractivity contribution in [2.24, 2.45) is 0 Å². The summed E-state index contributed by atoms with van der Waals surface area (Å²) < 4.78 is 59.6. The van der Waals surface area contributed by atoms with Gasteiger partial charge in [-0.3, -0.25) is 13.8 Å². The molecule has 11 N–H and O–H groups in total. The molecule has 15 atom stereocenters. The van der Waals surface area contributed by atoms with Crippen LogP contribution in [0.3, 0.4) is 0 Å². The molecule has 3 heterocycles. The number of benzene rings is 1. The lowest BCUT2D eigenvalue weighted by molar-refractivity contribution is -0.363. The molecule has 3 fully saturated rings. The summed E-state index contributed by atoms with van der Waals surface area (Å²) >= 11 is 0. The second-order valence-electron chi connectivity index (χ2n) is 14.3. The molecule has 0 spiro atoms. The number of aliphatic hydroxyl groups excluding tert-OH is 8. The largest absolute Gasteiger partial charge is 0.726 e. The van der Waals surface area contributed by atoms with Crippen molar-refractivity contribution in [2.45, 2.75) is 130 Å². The molecule has 60 heavy (non-hydrogen) atoms. The number of carboxylic acids is 1. The fourth-order valence-corrected chi connectivity index (χ4v) is 10.1. The Morgan fingerprint density at radius 1 is 0.967 bits per heavy atom. The van der Waals surface area contributed by atoms with Crippen LogP contribution in [0.15, 0.2) is 24.3 Å². The average Bonchev–Trinajstić information content (AvgIpc) is 3.71. The lowest BCUT2D eigenvalue weighted by atomic mass is 9.95. The molecule has 4 rings (SSSR count). The Bertz CT molecular complexity index is 1660. The van der Waals surface area contributed by atoms with Gasteiger partial charge < -0.3 is 90.2 Å². The molecule has 3 aliphatic heterocycles. The zero-order valence-electron chi connectivity index (χ0n) is 32.0. The van der Waals surface area contributed by atoms with Crippen molar-refractivity contribution in [1.82, 2.24) is 5.32 Å². The number of unbranched alkanes of at least 4 members (excludes halogenated alkanes) is 1. The van der Waals surface area contributed by atoms with Gasteiger partial charge in [0.05, 0.1) is 25.3 Å². The zero-order chi connectivity index (χ0) is 44.3. The Kier molecular flexibility index (Phi) is 19.5. The molecular formula is C34H51N3O20S3-2. The maximum Gasteiger partial charge on any atom is 0.224 e. The molecular weight excluding hydrogens is 867 g/mol. The minimum Gasteiger partial charge on any atom is -0.726 e. The Morgan fingerprint density at radius 3 is 2.30 bits per heavy atom. The summed E-state index contributed by atoms with van der Waals surface area (Å²) in [7, 11) is -1.92. The van der Waals surface area contributed by atoms with Crippen molar-refractivity contribution in [3.8, 4) is 0 Å². The quantitative estimate of drug-likeness (QED) is 0.0225. The van der Waals surface area contributed by atoms with E-state index in [4.69, 9.17) is 18.9 Å². The summed E-state index contributed by atoms with van der Waals surface area (Å²) in [6.45, 7) is -1.24. The number of hydrogen-bond acceptors (Lipinski definition) is 23. The molecule has 3 saturated heterocycles. The number of hydrogen-bond donors (Lipinski definition) is 11. The van der Waals surface area contributed by atoms with E-state index in [0.717, 1.165) is 31.9 Å². The number of rotatable bonds is 22. The van der Waals surface area contributed by atoms with Crippen LogP contribution >= 0.6 is 21.6 Å². The van der Waals surface area contributed by atoms with E-state index in [9.17, 15) is 73.3 Å². The Balaban J connectivity index is 1.34. The SMILES string of the molecule is CC(=O)N[C@H]1[C@@H](OC[C@@H](O)[C@@H](O)[C@H](O)[C@@H](O)CNc2cccc(NC(=O)CCCCC3CCSS3)c2)O[C@H](CO)[C@H](O)[C@@H]1O[C@@H]1O[C@H](C(=O)[O-])[C@@H](O)[C@H](OS(=O)(=O)[O-])[C@H]1O. The number of aliphatic hydroxyl groups is 8. The summed E-state index contributed by atoms with van der Waals surface area (Å²) in [6.07, 6.45) is -23.0. The van der Waals surface area contributed by atoms with Crippen LogP contribution in [0.1, 0.15) is 39.0 Å². The van der Waals surface area contributed by atoms with Gasteiger partial charge in [0.25, 0.3) is 0 Å². The average molecular weight is 918 g/mol. The first-order valence-corrected chi connectivity index (χ1v) is 22.5. The van der Waals surface area contributed by atoms with Gasteiger partial charge in [-0.2, -0.15) is 0 Å². The van der Waals surface area contributed by atoms with Crippen LogP contribution in [0, 0.1) is 0 Å². The van der Waals surface area contributed by atoms with Crippen molar-refractivity contribution in [3.05, 3.63) is 24.3 Å². The van der Waals surface area contributed by atoms with Gasteiger partial charge in [-0.05, 0) is 37.5 Å². The number of carbonyl (C=O) groups is 3. The fourth-order valence-electron chi connectivity index (χ4n) is 6.55. The lowest BCUT2D eigenvalue weighted by Crippen LogP contribution is -2.69. The number of ether oxygens (including phenoxy) is 4. The summed E-state index contributed by atoms with van der Waals surface area (Å²) in [6, 6.07) is 4.85. The smallest absolute Gasteiger partial charge is 0.224 e. The molecule has 26 heteroatoms. The first-order valence-electron chi connectivity index (χ1n) is 18.8. The minimum atomic E-state index is -5.68. The zero-order valence-corrected chi connectivity index (χ0v) is 34.5. The van der Waals surface area contributed by atoms with Crippen LogP contribution in [0.4, 0.5) is 11.4 Å². The Morgan fingerprint density at radius 2 is 1.67 bits per heavy atom. The van der Waals surface area contributed by atoms with Crippen LogP contribution in [0.5, 0.6) is 0 Å². The molecule has 23 nitrogen and oxygen atoms in total. The van der Waals surface area contributed by atoms with E-state index in [1.807, 2.05) is 21.6 Å². The third kappa shape index (κ3) is 14.5. The first kappa shape index (κ1) is 50.2. The number of anilines is 2. The highest BCUT2D eigenvalue weighted by molar-refractivity contribution is 8.77. The molecule has 342 valence electrons. The molecule has 1 aromatic rings. The third-order valence-corrected chi connectivity index (χ3v) is 13.1. The first-order chi connectivity index (χ1) is 28.3. The van der Waals surface area contributed by atoms with Crippen LogP contribution in [0.25, 0.3) is 0 Å². The van der Waals surface area contributed by atoms with Gasteiger partial charge in [0.15, 0.2) is 12.6 Å². The number of amides is 2. The monoisotopic (exact) mass is 917 g/mol. The normalized spacial score (nSPS) is 31.7. The molecule has 0 saturated carbocycles. The van der Waals surface area contributed by atoms with E-state index in [0.29, 0.717) is 23.0 Å². The minimum absolute atomic E-state index is 0.159. The highest BCUT2D eigenvalue weighted by Crippen LogP contribution is 2.40. The van der Waals surface area contributed by atoms with Gasteiger partial charge >= 0.3 is 0 Å². The van der Waals surface area contributed by atoms with Gasteiger partial charge in [0.2, 0.25) is 22.2 Å². The predicted octanol–water partition coefficient (Wildman–Crippen LogP) is -4.78. The van der Waals surface area contributed by atoms with E-state index in [2.05, 4.69) is 20.1 Å². The second kappa shape index (κ2) is 23.3. The van der Waals surface area contributed by atoms with E-state index >= 15 is 0 Å². The molecule has 3 aliphatic rings. The van der Waals surface area contributed by atoms with Gasteiger partial charge in [-0.15, -0.1) is 0 Å². The topological polar surface area (TPSA) is 376 Å². The number of nitrogens with one attached hydrogen (secondary N) is 3. The number of carboxylic acid groups (broad SMARTS) is 1. The molecule has 2 amide bonds. The third-order valence-electron chi connectivity index (χ3n) is 9.66. The lowest BCUT2D eigenvalue weighted by Gasteiger charge is -2.48. The molecule has 0 bridgehead atoms. The van der Waals surface area contributed by atoms with Gasteiger partial charge in [-0.25, -0.2) is 8.42 Å². The Labute approximate surface area is 352 Å². The van der Waals surface area contributed by atoms with Gasteiger partial charge in [-0.1, -0.05) is 34.1 Å². The van der Waals surface area contributed by atoms with Gasteiger partial charge in [0, 0.05) is 42.3 Å². The summed E-state index contributed by atoms with van der Waals surface area (Å²) in [5.41, 5.74) is 0.928. The van der Waals surface area contributed by atoms with Crippen molar-refractivity contribution < 1.29 is 96.4 Å². The molecule has 0 aromatic heterocycles. The van der Waals surface area contributed by atoms with Crippen LogP contribution in [-0.2, 0) is 47.9 Å². The summed E-state index contributed by atoms with van der Waals surface area (Å²) in [4.78, 5) is 36.4. The van der Waals surface area contributed by atoms with Crippen molar-refractivity contribution in [3.63, 3.8) is 0 Å². The summed E-state index contributed by atoms with van der Waals surface area (Å²) in [5.74, 6) is -2.01. The molecule has 1 unspecified atom stereocenters. The molecule has 1 aromatic carbocycles. The standard InChI is InChI=1S/C34H53N3O20S3/c1-15(39)36-23-29(55-34-28(47)30(57-60(50,51)52)27(46)31(56-34)32(48)49)26(45)21(13-38)54-33(23)53-14-20(41)25(44)24(43)19(40)12-35-16-5-4-6-17(11-16)37-22(42)8-3-2-7-18-9-10-58-59-18/h4-6,11,18-21,23-31,33-35,38,40-41,43-47H,2-3,7-10,12-14H2,1H3,(H,36,39)(H,37,42)(H,48,49)(H,50,51,52)/p-2/t18?,19-,20+,21+,23+,24+,25+,26-,27-,28+,29+,30-,31-,33-,34+/m0/s1. The van der Waals surface area contributed by atoms with E-state index in [-0.39, 0.29) is 12.5 Å². The van der Waals surface area contributed by atoms with Crippen LogP contribution in [0.2, 0.25) is 0 Å². The fraction of sp³-hybridized carbons (Fsp3) is 0.735. The molecule has 0 radical (unpaired) electrons. The maximum atomic E-state index is 12.5. The predicted molar refractivity (Wildman–Crippen MR) is 205 cm³/mol. The van der Waals surface area contributed by atoms with E-state index in [1.165, 1.54) is 6.42 Å².